The molecule has 0 aliphatic carbocycles. The Morgan fingerprint density at radius 2 is 2.10 bits per heavy atom. The van der Waals surface area contributed by atoms with E-state index < -0.39 is 0 Å². The second-order valence-electron chi connectivity index (χ2n) is 5.88. The van der Waals surface area contributed by atoms with Crippen LogP contribution in [-0.4, -0.2) is 34.9 Å². The molecule has 1 N–H and O–H groups in total. The predicted octanol–water partition coefficient (Wildman–Crippen LogP) is 3.52. The third-order valence-corrected chi connectivity index (χ3v) is 5.18. The quantitative estimate of drug-likeness (QED) is 0.905. The summed E-state index contributed by atoms with van der Waals surface area (Å²) in [5, 5.41) is 9.66. The molecule has 0 bridgehead atoms. The van der Waals surface area contributed by atoms with Crippen LogP contribution in [0.15, 0.2) is 18.2 Å². The number of ether oxygens (including phenoxy) is 2. The van der Waals surface area contributed by atoms with Crippen molar-refractivity contribution in [3.8, 4) is 11.5 Å². The average molecular weight is 294 g/mol. The monoisotopic (exact) mass is 294 g/mol. The number of aromatic hydroxyl groups is 1. The van der Waals surface area contributed by atoms with Gasteiger partial charge in [-0.1, -0.05) is 0 Å². The Labute approximate surface area is 124 Å². The lowest BCUT2D eigenvalue weighted by Gasteiger charge is -2.43. The van der Waals surface area contributed by atoms with Gasteiger partial charge in [0.2, 0.25) is 0 Å². The van der Waals surface area contributed by atoms with E-state index in [1.807, 2.05) is 24.8 Å². The lowest BCUT2D eigenvalue weighted by atomic mass is 9.86. The largest absolute Gasteiger partial charge is 0.508 e. The second-order valence-corrected chi connectivity index (χ2v) is 7.11. The van der Waals surface area contributed by atoms with Crippen molar-refractivity contribution in [2.75, 3.05) is 18.1 Å². The van der Waals surface area contributed by atoms with Gasteiger partial charge < -0.3 is 14.6 Å². The normalized spacial score (nSPS) is 25.6. The summed E-state index contributed by atoms with van der Waals surface area (Å²) in [6.07, 6.45) is 4.38. The number of phenols is 1. The van der Waals surface area contributed by atoms with E-state index in [2.05, 4.69) is 0 Å². The number of hydrogen-bond acceptors (Lipinski definition) is 4. The summed E-state index contributed by atoms with van der Waals surface area (Å²) in [4.78, 5) is 0. The lowest BCUT2D eigenvalue weighted by molar-refractivity contribution is -0.116. The Hall–Kier alpha value is -0.870. The standard InChI is InChI=1S/C16H22O3S/c1-12-8-13(17)10-15(9-12)19-14-2-5-18-16(11-14)3-6-20-7-4-16/h8-10,14,17H,2-7,11H2,1H3. The van der Waals surface area contributed by atoms with E-state index in [-0.39, 0.29) is 17.5 Å². The molecule has 1 unspecified atom stereocenters. The van der Waals surface area contributed by atoms with Gasteiger partial charge in [0.15, 0.2) is 0 Å². The molecule has 3 nitrogen and oxygen atoms in total. The Morgan fingerprint density at radius 1 is 1.30 bits per heavy atom. The molecule has 2 saturated heterocycles. The Bertz CT molecular complexity index is 443. The summed E-state index contributed by atoms with van der Waals surface area (Å²) < 4.78 is 12.2. The molecule has 2 fully saturated rings. The fourth-order valence-corrected chi connectivity index (χ4v) is 4.40. The predicted molar refractivity (Wildman–Crippen MR) is 81.7 cm³/mol. The molecule has 0 amide bonds. The zero-order valence-corrected chi connectivity index (χ0v) is 12.7. The first-order valence-electron chi connectivity index (χ1n) is 7.34. The van der Waals surface area contributed by atoms with Gasteiger partial charge in [0.25, 0.3) is 0 Å². The minimum atomic E-state index is 0.0417. The van der Waals surface area contributed by atoms with Crippen LogP contribution in [0.3, 0.4) is 0 Å². The molecule has 2 aliphatic rings. The van der Waals surface area contributed by atoms with E-state index in [1.54, 1.807) is 12.1 Å². The van der Waals surface area contributed by atoms with Crippen molar-refractivity contribution in [2.45, 2.75) is 44.3 Å². The van der Waals surface area contributed by atoms with Crippen LogP contribution in [0.1, 0.15) is 31.2 Å². The molecule has 110 valence electrons. The first-order valence-corrected chi connectivity index (χ1v) is 8.50. The molecule has 0 aromatic heterocycles. The van der Waals surface area contributed by atoms with Crippen molar-refractivity contribution < 1.29 is 14.6 Å². The molecule has 20 heavy (non-hydrogen) atoms. The molecular weight excluding hydrogens is 272 g/mol. The molecular formula is C16H22O3S. The van der Waals surface area contributed by atoms with Crippen LogP contribution in [0.5, 0.6) is 11.5 Å². The number of phenolic OH excluding ortho intramolecular Hbond substituents is 1. The Balaban J connectivity index is 1.67. The smallest absolute Gasteiger partial charge is 0.123 e. The molecule has 4 heteroatoms. The fourth-order valence-electron chi connectivity index (χ4n) is 3.16. The molecule has 1 atom stereocenters. The summed E-state index contributed by atoms with van der Waals surface area (Å²) in [6.45, 7) is 2.75. The topological polar surface area (TPSA) is 38.7 Å². The van der Waals surface area contributed by atoms with Crippen molar-refractivity contribution in [1.29, 1.82) is 0 Å². The van der Waals surface area contributed by atoms with Gasteiger partial charge in [-0.25, -0.2) is 0 Å². The molecule has 1 aromatic carbocycles. The van der Waals surface area contributed by atoms with Gasteiger partial charge in [0.1, 0.15) is 17.6 Å². The minimum absolute atomic E-state index is 0.0417. The van der Waals surface area contributed by atoms with E-state index in [9.17, 15) is 5.11 Å². The van der Waals surface area contributed by atoms with Crippen molar-refractivity contribution in [2.24, 2.45) is 0 Å². The van der Waals surface area contributed by atoms with Crippen molar-refractivity contribution in [3.63, 3.8) is 0 Å². The molecule has 0 saturated carbocycles. The van der Waals surface area contributed by atoms with Crippen LogP contribution in [0.25, 0.3) is 0 Å². The molecule has 0 radical (unpaired) electrons. The first-order chi connectivity index (χ1) is 9.65. The van der Waals surface area contributed by atoms with E-state index >= 15 is 0 Å². The van der Waals surface area contributed by atoms with Crippen molar-refractivity contribution in [1.82, 2.24) is 0 Å². The molecule has 1 spiro atoms. The Kier molecular flexibility index (Phi) is 4.13. The van der Waals surface area contributed by atoms with Crippen LogP contribution in [0, 0.1) is 6.92 Å². The van der Waals surface area contributed by atoms with Crippen LogP contribution >= 0.6 is 11.8 Å². The third kappa shape index (κ3) is 3.23. The number of thioether (sulfide) groups is 1. The van der Waals surface area contributed by atoms with Gasteiger partial charge in [-0.3, -0.25) is 0 Å². The SMILES string of the molecule is Cc1cc(O)cc(OC2CCOC3(CCSCC3)C2)c1. The zero-order chi connectivity index (χ0) is 14.0. The van der Waals surface area contributed by atoms with Gasteiger partial charge in [-0.2, -0.15) is 11.8 Å². The summed E-state index contributed by atoms with van der Waals surface area (Å²) in [7, 11) is 0. The molecule has 1 aromatic rings. The van der Waals surface area contributed by atoms with Gasteiger partial charge >= 0.3 is 0 Å². The number of benzene rings is 1. The van der Waals surface area contributed by atoms with Gasteiger partial charge in [0, 0.05) is 18.9 Å². The highest BCUT2D eigenvalue weighted by molar-refractivity contribution is 7.99. The maximum atomic E-state index is 9.66. The minimum Gasteiger partial charge on any atom is -0.508 e. The van der Waals surface area contributed by atoms with Gasteiger partial charge in [0.05, 0.1) is 12.2 Å². The van der Waals surface area contributed by atoms with Gasteiger partial charge in [-0.15, -0.1) is 0 Å². The van der Waals surface area contributed by atoms with E-state index in [0.29, 0.717) is 0 Å². The fraction of sp³-hybridized carbons (Fsp3) is 0.625. The highest BCUT2D eigenvalue weighted by Crippen LogP contribution is 2.38. The van der Waals surface area contributed by atoms with E-state index in [0.717, 1.165) is 43.6 Å². The third-order valence-electron chi connectivity index (χ3n) is 4.19. The number of hydrogen-bond donors (Lipinski definition) is 1. The van der Waals surface area contributed by atoms with Crippen LogP contribution in [0.2, 0.25) is 0 Å². The summed E-state index contributed by atoms with van der Waals surface area (Å²) >= 11 is 2.02. The number of rotatable bonds is 2. The second kappa shape index (κ2) is 5.86. The van der Waals surface area contributed by atoms with Crippen molar-refractivity contribution in [3.05, 3.63) is 23.8 Å². The summed E-state index contributed by atoms with van der Waals surface area (Å²) in [5.41, 5.74) is 1.07. The average Bonchev–Trinajstić information content (AvgIpc) is 2.38. The highest BCUT2D eigenvalue weighted by Gasteiger charge is 2.39. The van der Waals surface area contributed by atoms with Crippen LogP contribution in [0.4, 0.5) is 0 Å². The molecule has 2 aliphatic heterocycles. The highest BCUT2D eigenvalue weighted by atomic mass is 32.2. The van der Waals surface area contributed by atoms with E-state index in [4.69, 9.17) is 9.47 Å². The van der Waals surface area contributed by atoms with Crippen LogP contribution in [-0.2, 0) is 4.74 Å². The lowest BCUT2D eigenvalue weighted by Crippen LogP contribution is -2.46. The van der Waals surface area contributed by atoms with Crippen molar-refractivity contribution >= 4 is 11.8 Å². The zero-order valence-electron chi connectivity index (χ0n) is 11.9. The van der Waals surface area contributed by atoms with E-state index in [1.165, 1.54) is 11.5 Å². The maximum absolute atomic E-state index is 9.66. The molecule has 2 heterocycles. The maximum Gasteiger partial charge on any atom is 0.123 e. The number of aryl methyl sites for hydroxylation is 1. The first kappa shape index (κ1) is 14.1. The van der Waals surface area contributed by atoms with Gasteiger partial charge in [-0.05, 0) is 49.0 Å². The molecule has 3 rings (SSSR count). The van der Waals surface area contributed by atoms with Crippen LogP contribution < -0.4 is 4.74 Å². The summed E-state index contributed by atoms with van der Waals surface area (Å²) in [6, 6.07) is 5.43. The Morgan fingerprint density at radius 3 is 2.85 bits per heavy atom. The summed E-state index contributed by atoms with van der Waals surface area (Å²) in [5.74, 6) is 3.43.